The summed E-state index contributed by atoms with van der Waals surface area (Å²) in [6.45, 7) is 0.284. The minimum Gasteiger partial charge on any atom is -0.504 e. The summed E-state index contributed by atoms with van der Waals surface area (Å²) in [6, 6.07) is -0.540. The summed E-state index contributed by atoms with van der Waals surface area (Å²) in [7, 11) is 2.46. The van der Waals surface area contributed by atoms with Crippen molar-refractivity contribution in [1.82, 2.24) is 9.80 Å². The van der Waals surface area contributed by atoms with E-state index in [0.717, 1.165) is 7.11 Å². The molecule has 0 bridgehead atoms. The Morgan fingerprint density at radius 1 is 1.32 bits per heavy atom. The van der Waals surface area contributed by atoms with Gasteiger partial charge in [0.1, 0.15) is 5.69 Å². The van der Waals surface area contributed by atoms with Crippen LogP contribution >= 0.6 is 0 Å². The summed E-state index contributed by atoms with van der Waals surface area (Å²) in [4.78, 5) is 31.1. The van der Waals surface area contributed by atoms with Crippen LogP contribution in [0.15, 0.2) is 6.07 Å². The van der Waals surface area contributed by atoms with Gasteiger partial charge in [0.05, 0.1) is 18.2 Å². The smallest absolute Gasteiger partial charge is 0.417 e. The summed E-state index contributed by atoms with van der Waals surface area (Å²) in [5, 5.41) is 19.4. The van der Waals surface area contributed by atoms with Crippen molar-refractivity contribution in [3.8, 4) is 11.5 Å². The zero-order chi connectivity index (χ0) is 18.9. The fourth-order valence-corrected chi connectivity index (χ4v) is 2.49. The average Bonchev–Trinajstić information content (AvgIpc) is 2.53. The standard InChI is InChI=1S/C14H16F3N3O5/c1-19-4-3-5-20(13(19)24)12(23)9-7(14(15,16)17)6-8(21)11(22)10(9)18-25-2/h6,18,21-22H,3-5H2,1-2H3. The lowest BCUT2D eigenvalue weighted by Crippen LogP contribution is -2.50. The number of urea groups is 1. The van der Waals surface area contributed by atoms with Crippen LogP contribution in [0.4, 0.5) is 23.7 Å². The Labute approximate surface area is 140 Å². The van der Waals surface area contributed by atoms with Crippen molar-refractivity contribution in [2.24, 2.45) is 0 Å². The summed E-state index contributed by atoms with van der Waals surface area (Å²) in [5.41, 5.74) is -1.34. The maximum absolute atomic E-state index is 13.4. The molecule has 11 heteroatoms. The molecule has 0 aromatic heterocycles. The lowest BCUT2D eigenvalue weighted by Gasteiger charge is -2.32. The van der Waals surface area contributed by atoms with E-state index in [1.54, 1.807) is 0 Å². The van der Waals surface area contributed by atoms with E-state index in [-0.39, 0.29) is 12.6 Å². The van der Waals surface area contributed by atoms with Gasteiger partial charge in [-0.1, -0.05) is 0 Å². The molecule has 3 N–H and O–H groups in total. The topological polar surface area (TPSA) is 102 Å². The molecule has 0 aliphatic carbocycles. The number of nitrogens with one attached hydrogen (secondary N) is 1. The number of hydrogen-bond acceptors (Lipinski definition) is 6. The van der Waals surface area contributed by atoms with Crippen LogP contribution in [-0.2, 0) is 11.0 Å². The number of alkyl halides is 3. The number of imide groups is 1. The van der Waals surface area contributed by atoms with Crippen molar-refractivity contribution in [2.75, 3.05) is 32.7 Å². The molecule has 138 valence electrons. The van der Waals surface area contributed by atoms with Gasteiger partial charge in [0.25, 0.3) is 5.91 Å². The van der Waals surface area contributed by atoms with Crippen LogP contribution in [0, 0.1) is 0 Å². The largest absolute Gasteiger partial charge is 0.504 e. The third-order valence-electron chi connectivity index (χ3n) is 3.68. The fourth-order valence-electron chi connectivity index (χ4n) is 2.49. The predicted molar refractivity (Wildman–Crippen MR) is 79.1 cm³/mol. The molecular weight excluding hydrogens is 347 g/mol. The third kappa shape index (κ3) is 3.40. The zero-order valence-electron chi connectivity index (χ0n) is 13.3. The van der Waals surface area contributed by atoms with Crippen LogP contribution in [0.25, 0.3) is 0 Å². The number of carbonyl (C=O) groups is 2. The van der Waals surface area contributed by atoms with E-state index >= 15 is 0 Å². The molecule has 1 aliphatic heterocycles. The van der Waals surface area contributed by atoms with E-state index in [0.29, 0.717) is 17.9 Å². The first-order valence-electron chi connectivity index (χ1n) is 7.11. The van der Waals surface area contributed by atoms with E-state index in [1.165, 1.54) is 11.9 Å². The Hall–Kier alpha value is -2.69. The number of hydrogen-bond donors (Lipinski definition) is 3. The molecule has 2 rings (SSSR count). The third-order valence-corrected chi connectivity index (χ3v) is 3.68. The number of phenolic OH excluding ortho intramolecular Hbond substituents is 2. The summed E-state index contributed by atoms with van der Waals surface area (Å²) in [6.07, 6.45) is -4.64. The predicted octanol–water partition coefficient (Wildman–Crippen LogP) is 1.99. The molecule has 0 spiro atoms. The minimum absolute atomic E-state index is 0.0760. The molecule has 0 atom stereocenters. The van der Waals surface area contributed by atoms with E-state index in [2.05, 4.69) is 4.84 Å². The van der Waals surface area contributed by atoms with Crippen LogP contribution in [-0.4, -0.2) is 59.2 Å². The number of nitrogens with zero attached hydrogens (tertiary/aromatic N) is 2. The Morgan fingerprint density at radius 3 is 2.52 bits per heavy atom. The monoisotopic (exact) mass is 363 g/mol. The average molecular weight is 363 g/mol. The maximum atomic E-state index is 13.4. The maximum Gasteiger partial charge on any atom is 0.417 e. The molecular formula is C14H16F3N3O5. The second kappa shape index (κ2) is 6.67. The van der Waals surface area contributed by atoms with Crippen LogP contribution in [0.2, 0.25) is 0 Å². The lowest BCUT2D eigenvalue weighted by atomic mass is 10.0. The lowest BCUT2D eigenvalue weighted by molar-refractivity contribution is -0.138. The highest BCUT2D eigenvalue weighted by Crippen LogP contribution is 2.45. The second-order valence-corrected chi connectivity index (χ2v) is 5.36. The molecule has 1 aromatic carbocycles. The van der Waals surface area contributed by atoms with Gasteiger partial charge >= 0.3 is 12.2 Å². The summed E-state index contributed by atoms with van der Waals surface area (Å²) >= 11 is 0. The molecule has 1 aliphatic rings. The molecule has 25 heavy (non-hydrogen) atoms. The fraction of sp³-hybridized carbons (Fsp3) is 0.429. The summed E-state index contributed by atoms with van der Waals surface area (Å²) in [5.74, 6) is -3.36. The first-order valence-corrected chi connectivity index (χ1v) is 7.11. The number of halogens is 3. The van der Waals surface area contributed by atoms with Gasteiger partial charge in [-0.25, -0.2) is 4.79 Å². The number of carbonyl (C=O) groups excluding carboxylic acids is 2. The first-order chi connectivity index (χ1) is 11.6. The number of rotatable bonds is 3. The van der Waals surface area contributed by atoms with Crippen LogP contribution in [0.5, 0.6) is 11.5 Å². The molecule has 3 amide bonds. The Balaban J connectivity index is 2.66. The molecule has 1 fully saturated rings. The highest BCUT2D eigenvalue weighted by molar-refractivity contribution is 6.09. The van der Waals surface area contributed by atoms with Gasteiger partial charge in [-0.2, -0.15) is 13.2 Å². The van der Waals surface area contributed by atoms with Gasteiger partial charge in [0.15, 0.2) is 11.5 Å². The van der Waals surface area contributed by atoms with Gasteiger partial charge in [0.2, 0.25) is 0 Å². The molecule has 0 unspecified atom stereocenters. The van der Waals surface area contributed by atoms with E-state index in [9.17, 15) is 33.0 Å². The summed E-state index contributed by atoms with van der Waals surface area (Å²) < 4.78 is 40.1. The Bertz CT molecular complexity index is 708. The molecule has 8 nitrogen and oxygen atoms in total. The van der Waals surface area contributed by atoms with Crippen LogP contribution in [0.3, 0.4) is 0 Å². The molecule has 1 heterocycles. The molecule has 0 saturated carbocycles. The number of aromatic hydroxyl groups is 2. The van der Waals surface area contributed by atoms with Crippen molar-refractivity contribution in [1.29, 1.82) is 0 Å². The molecule has 1 aromatic rings. The highest BCUT2D eigenvalue weighted by atomic mass is 19.4. The highest BCUT2D eigenvalue weighted by Gasteiger charge is 2.42. The van der Waals surface area contributed by atoms with Crippen molar-refractivity contribution in [3.63, 3.8) is 0 Å². The van der Waals surface area contributed by atoms with Gasteiger partial charge in [-0.3, -0.25) is 20.0 Å². The SMILES string of the molecule is CONc1c(O)c(O)cc(C(F)(F)F)c1C(=O)N1CCCN(C)C1=O. The van der Waals surface area contributed by atoms with Gasteiger partial charge in [-0.05, 0) is 12.5 Å². The van der Waals surface area contributed by atoms with Crippen molar-refractivity contribution in [3.05, 3.63) is 17.2 Å². The second-order valence-electron chi connectivity index (χ2n) is 5.36. The van der Waals surface area contributed by atoms with E-state index in [4.69, 9.17) is 0 Å². The van der Waals surface area contributed by atoms with Crippen LogP contribution < -0.4 is 5.48 Å². The van der Waals surface area contributed by atoms with Crippen LogP contribution in [0.1, 0.15) is 22.3 Å². The van der Waals surface area contributed by atoms with Crippen molar-refractivity contribution in [2.45, 2.75) is 12.6 Å². The molecule has 0 radical (unpaired) electrons. The van der Waals surface area contributed by atoms with E-state index < -0.39 is 46.4 Å². The minimum atomic E-state index is -5.02. The van der Waals surface area contributed by atoms with Gasteiger partial charge in [0, 0.05) is 20.1 Å². The number of anilines is 1. The normalized spacial score (nSPS) is 15.5. The quantitative estimate of drug-likeness (QED) is 0.561. The Morgan fingerprint density at radius 2 is 1.96 bits per heavy atom. The Kier molecular flexibility index (Phi) is 4.97. The number of amides is 3. The molecule has 1 saturated heterocycles. The number of phenols is 2. The van der Waals surface area contributed by atoms with Gasteiger partial charge < -0.3 is 15.1 Å². The first kappa shape index (κ1) is 18.6. The number of benzene rings is 1. The zero-order valence-corrected chi connectivity index (χ0v) is 13.3. The van der Waals surface area contributed by atoms with Crippen molar-refractivity contribution < 1.29 is 37.8 Å². The van der Waals surface area contributed by atoms with Crippen molar-refractivity contribution >= 4 is 17.6 Å². The van der Waals surface area contributed by atoms with Gasteiger partial charge in [-0.15, -0.1) is 0 Å². The van der Waals surface area contributed by atoms with E-state index in [1.807, 2.05) is 5.48 Å².